The quantitative estimate of drug-likeness (QED) is 0.886. The predicted octanol–water partition coefficient (Wildman–Crippen LogP) is 1.61. The number of nitrogens with one attached hydrogen (secondary N) is 1. The molecule has 3 rings (SSSR count). The van der Waals surface area contributed by atoms with Crippen LogP contribution in [-0.4, -0.2) is 30.0 Å². The van der Waals surface area contributed by atoms with Crippen molar-refractivity contribution in [1.29, 1.82) is 0 Å². The van der Waals surface area contributed by atoms with Crippen LogP contribution in [0.3, 0.4) is 0 Å². The lowest BCUT2D eigenvalue weighted by Gasteiger charge is -2.09. The van der Waals surface area contributed by atoms with E-state index in [4.69, 9.17) is 9.47 Å². The molecule has 1 atom stereocenters. The van der Waals surface area contributed by atoms with Crippen LogP contribution in [0.1, 0.15) is 11.6 Å². The van der Waals surface area contributed by atoms with Gasteiger partial charge in [-0.15, -0.1) is 0 Å². The van der Waals surface area contributed by atoms with Gasteiger partial charge in [0.15, 0.2) is 0 Å². The average molecular weight is 259 g/mol. The van der Waals surface area contributed by atoms with Crippen LogP contribution in [0.2, 0.25) is 0 Å². The van der Waals surface area contributed by atoms with Crippen LogP contribution < -0.4 is 14.8 Å². The number of fused-ring (bicyclic) bond motifs is 1. The van der Waals surface area contributed by atoms with E-state index < -0.39 is 0 Å². The second kappa shape index (κ2) is 5.32. The van der Waals surface area contributed by atoms with Crippen LogP contribution in [0.15, 0.2) is 36.7 Å². The molecule has 0 saturated carbocycles. The van der Waals surface area contributed by atoms with Gasteiger partial charge in [-0.25, -0.2) is 0 Å². The van der Waals surface area contributed by atoms with E-state index in [0.29, 0.717) is 13.2 Å². The molecule has 5 heteroatoms. The molecule has 1 N–H and O–H groups in total. The maximum Gasteiger partial charge on any atom is 0.127 e. The van der Waals surface area contributed by atoms with Crippen molar-refractivity contribution in [3.05, 3.63) is 42.2 Å². The van der Waals surface area contributed by atoms with Crippen molar-refractivity contribution >= 4 is 0 Å². The summed E-state index contributed by atoms with van der Waals surface area (Å²) >= 11 is 0. The monoisotopic (exact) mass is 259 g/mol. The van der Waals surface area contributed by atoms with Gasteiger partial charge in [-0.1, -0.05) is 0 Å². The first-order valence-corrected chi connectivity index (χ1v) is 6.41. The Balaban J connectivity index is 1.60. The van der Waals surface area contributed by atoms with Crippen LogP contribution in [0, 0.1) is 0 Å². The molecule has 1 aliphatic heterocycles. The van der Waals surface area contributed by atoms with Crippen molar-refractivity contribution in [2.24, 2.45) is 0 Å². The predicted molar refractivity (Wildman–Crippen MR) is 71.5 cm³/mol. The average Bonchev–Trinajstić information content (AvgIpc) is 3.07. The van der Waals surface area contributed by atoms with Crippen molar-refractivity contribution in [2.75, 3.05) is 20.3 Å². The normalized spacial score (nSPS) is 17.0. The van der Waals surface area contributed by atoms with E-state index in [1.54, 1.807) is 6.20 Å². The Morgan fingerprint density at radius 1 is 1.53 bits per heavy atom. The Labute approximate surface area is 112 Å². The number of hydrogen-bond acceptors (Lipinski definition) is 4. The van der Waals surface area contributed by atoms with Gasteiger partial charge in [-0.05, 0) is 25.2 Å². The Kier molecular flexibility index (Phi) is 3.37. The molecule has 2 aromatic rings. The molecule has 0 amide bonds. The van der Waals surface area contributed by atoms with Gasteiger partial charge in [0.25, 0.3) is 0 Å². The molecule has 0 bridgehead atoms. The van der Waals surface area contributed by atoms with Gasteiger partial charge in [-0.3, -0.25) is 4.68 Å². The summed E-state index contributed by atoms with van der Waals surface area (Å²) in [6.07, 6.45) is 3.69. The van der Waals surface area contributed by atoms with E-state index in [-0.39, 0.29) is 6.04 Å². The molecule has 0 saturated heterocycles. The molecule has 2 heterocycles. The van der Waals surface area contributed by atoms with Gasteiger partial charge in [0.2, 0.25) is 0 Å². The van der Waals surface area contributed by atoms with Crippen LogP contribution in [0.25, 0.3) is 0 Å². The van der Waals surface area contributed by atoms with E-state index in [2.05, 4.69) is 16.5 Å². The summed E-state index contributed by atoms with van der Waals surface area (Å²) in [6.45, 7) is 2.02. The minimum absolute atomic E-state index is 0.285. The lowest BCUT2D eigenvalue weighted by atomic mass is 10.1. The number of rotatable bonds is 5. The van der Waals surface area contributed by atoms with Crippen molar-refractivity contribution < 1.29 is 9.47 Å². The third-order valence-corrected chi connectivity index (χ3v) is 3.26. The topological polar surface area (TPSA) is 48.3 Å². The van der Waals surface area contributed by atoms with Crippen LogP contribution in [0.4, 0.5) is 0 Å². The number of hydrogen-bond donors (Lipinski definition) is 1. The highest BCUT2D eigenvalue weighted by Crippen LogP contribution is 2.34. The molecule has 5 nitrogen and oxygen atoms in total. The second-order valence-electron chi connectivity index (χ2n) is 4.47. The number of ether oxygens (including phenoxy) is 2. The molecule has 0 radical (unpaired) electrons. The molecule has 19 heavy (non-hydrogen) atoms. The van der Waals surface area contributed by atoms with E-state index in [0.717, 1.165) is 18.0 Å². The minimum atomic E-state index is 0.285. The zero-order valence-corrected chi connectivity index (χ0v) is 10.9. The third kappa shape index (κ3) is 2.56. The number of likely N-dealkylation sites (N-methyl/N-ethyl adjacent to an activating group) is 1. The minimum Gasteiger partial charge on any atom is -0.492 e. The summed E-state index contributed by atoms with van der Waals surface area (Å²) in [5.41, 5.74) is 1.20. The first-order valence-electron chi connectivity index (χ1n) is 6.41. The summed E-state index contributed by atoms with van der Waals surface area (Å²) < 4.78 is 13.2. The molecule has 1 aromatic heterocycles. The molecule has 0 fully saturated rings. The van der Waals surface area contributed by atoms with Gasteiger partial charge in [-0.2, -0.15) is 5.10 Å². The zero-order chi connectivity index (χ0) is 13.1. The lowest BCUT2D eigenvalue weighted by molar-refractivity contribution is 0.287. The van der Waals surface area contributed by atoms with Crippen LogP contribution in [0.5, 0.6) is 11.5 Å². The first-order chi connectivity index (χ1) is 9.36. The SMILES string of the molecule is CNC1COc2cc(OCCn3cccn3)ccc21. The van der Waals surface area contributed by atoms with Crippen LogP contribution in [-0.2, 0) is 6.54 Å². The zero-order valence-electron chi connectivity index (χ0n) is 10.9. The molecular weight excluding hydrogens is 242 g/mol. The first kappa shape index (κ1) is 12.0. The number of benzene rings is 1. The Hall–Kier alpha value is -2.01. The summed E-state index contributed by atoms with van der Waals surface area (Å²) in [5, 5.41) is 7.35. The van der Waals surface area contributed by atoms with Gasteiger partial charge in [0.1, 0.15) is 24.7 Å². The smallest absolute Gasteiger partial charge is 0.127 e. The van der Waals surface area contributed by atoms with Gasteiger partial charge < -0.3 is 14.8 Å². The number of aromatic nitrogens is 2. The third-order valence-electron chi connectivity index (χ3n) is 3.26. The molecule has 1 unspecified atom stereocenters. The summed E-state index contributed by atoms with van der Waals surface area (Å²) in [5.74, 6) is 1.75. The molecule has 100 valence electrons. The second-order valence-corrected chi connectivity index (χ2v) is 4.47. The van der Waals surface area contributed by atoms with E-state index >= 15 is 0 Å². The largest absolute Gasteiger partial charge is 0.492 e. The summed E-state index contributed by atoms with van der Waals surface area (Å²) in [4.78, 5) is 0. The Morgan fingerprint density at radius 2 is 2.47 bits per heavy atom. The van der Waals surface area contributed by atoms with E-state index in [1.807, 2.05) is 36.1 Å². The highest BCUT2D eigenvalue weighted by Gasteiger charge is 2.22. The van der Waals surface area contributed by atoms with Crippen molar-refractivity contribution in [2.45, 2.75) is 12.6 Å². The fourth-order valence-electron chi connectivity index (χ4n) is 2.21. The Bertz CT molecular complexity index is 540. The van der Waals surface area contributed by atoms with E-state index in [1.165, 1.54) is 5.56 Å². The highest BCUT2D eigenvalue weighted by atomic mass is 16.5. The molecule has 1 aliphatic rings. The van der Waals surface area contributed by atoms with Gasteiger partial charge >= 0.3 is 0 Å². The van der Waals surface area contributed by atoms with Crippen LogP contribution >= 0.6 is 0 Å². The standard InChI is InChI=1S/C14H17N3O2/c1-15-13-10-19-14-9-11(3-4-12(13)14)18-8-7-17-6-2-5-16-17/h2-6,9,13,15H,7-8,10H2,1H3. The molecule has 0 aliphatic carbocycles. The molecular formula is C14H17N3O2. The van der Waals surface area contributed by atoms with E-state index in [9.17, 15) is 0 Å². The molecule has 0 spiro atoms. The highest BCUT2D eigenvalue weighted by molar-refractivity contribution is 5.44. The van der Waals surface area contributed by atoms with Crippen molar-refractivity contribution in [3.63, 3.8) is 0 Å². The van der Waals surface area contributed by atoms with Crippen molar-refractivity contribution in [3.8, 4) is 11.5 Å². The maximum absolute atomic E-state index is 5.71. The van der Waals surface area contributed by atoms with Gasteiger partial charge in [0, 0.05) is 24.0 Å². The van der Waals surface area contributed by atoms with Crippen molar-refractivity contribution in [1.82, 2.24) is 15.1 Å². The summed E-state index contributed by atoms with van der Waals surface area (Å²) in [7, 11) is 1.94. The summed E-state index contributed by atoms with van der Waals surface area (Å²) in [6, 6.07) is 8.19. The van der Waals surface area contributed by atoms with Gasteiger partial charge in [0.05, 0.1) is 12.6 Å². The Morgan fingerprint density at radius 3 is 3.26 bits per heavy atom. The fraction of sp³-hybridized carbons (Fsp3) is 0.357. The lowest BCUT2D eigenvalue weighted by Crippen LogP contribution is -2.17. The maximum atomic E-state index is 5.71. The number of nitrogens with zero attached hydrogens (tertiary/aromatic N) is 2. The molecule has 1 aromatic carbocycles. The fourth-order valence-corrected chi connectivity index (χ4v) is 2.21.